The zero-order valence-electron chi connectivity index (χ0n) is 13.4. The van der Waals surface area contributed by atoms with Crippen LogP contribution < -0.4 is 5.32 Å². The van der Waals surface area contributed by atoms with Gasteiger partial charge in [-0.3, -0.25) is 10.1 Å². The first-order chi connectivity index (χ1) is 12.1. The molecule has 2 aromatic carbocycles. The third-order valence-corrected chi connectivity index (χ3v) is 3.31. The molecule has 0 bridgehead atoms. The Morgan fingerprint density at radius 3 is 2.48 bits per heavy atom. The van der Waals surface area contributed by atoms with E-state index in [4.69, 9.17) is 9.15 Å². The third kappa shape index (κ3) is 4.29. The summed E-state index contributed by atoms with van der Waals surface area (Å²) in [5.74, 6) is -0.859. The lowest BCUT2D eigenvalue weighted by molar-refractivity contribution is -0.119. The molecule has 3 rings (SSSR count). The van der Waals surface area contributed by atoms with Crippen molar-refractivity contribution in [3.05, 3.63) is 65.7 Å². The molecule has 7 heteroatoms. The lowest BCUT2D eigenvalue weighted by atomic mass is 10.1. The quantitative estimate of drug-likeness (QED) is 0.720. The van der Waals surface area contributed by atoms with Gasteiger partial charge in [-0.1, -0.05) is 41.0 Å². The van der Waals surface area contributed by atoms with Gasteiger partial charge in [-0.25, -0.2) is 4.79 Å². The van der Waals surface area contributed by atoms with Crippen LogP contribution in [0.1, 0.15) is 15.9 Å². The molecule has 1 heterocycles. The molecule has 0 spiro atoms. The molecule has 1 N–H and O–H groups in total. The van der Waals surface area contributed by atoms with Gasteiger partial charge in [0.05, 0.1) is 5.56 Å². The summed E-state index contributed by atoms with van der Waals surface area (Å²) in [5, 5.41) is 9.98. The van der Waals surface area contributed by atoms with E-state index < -0.39 is 18.5 Å². The summed E-state index contributed by atoms with van der Waals surface area (Å²) in [6.07, 6.45) is 0. The standard InChI is InChI=1S/C18H15N3O4/c1-12-7-9-14(10-8-12)17(23)24-11-15(22)19-18-21-20-16(25-18)13-5-3-2-4-6-13/h2-10H,11H2,1H3,(H,19,21,22). The Morgan fingerprint density at radius 1 is 1.04 bits per heavy atom. The van der Waals surface area contributed by atoms with Crippen LogP contribution in [0, 0.1) is 6.92 Å². The Labute approximate surface area is 143 Å². The van der Waals surface area contributed by atoms with Crippen LogP contribution >= 0.6 is 0 Å². The largest absolute Gasteiger partial charge is 0.452 e. The summed E-state index contributed by atoms with van der Waals surface area (Å²) in [7, 11) is 0. The Kier molecular flexibility index (Phi) is 4.84. The van der Waals surface area contributed by atoms with Gasteiger partial charge in [0.25, 0.3) is 5.91 Å². The number of aryl methyl sites for hydroxylation is 1. The van der Waals surface area contributed by atoms with Gasteiger partial charge >= 0.3 is 12.0 Å². The van der Waals surface area contributed by atoms with Crippen molar-refractivity contribution >= 4 is 17.9 Å². The van der Waals surface area contributed by atoms with E-state index in [-0.39, 0.29) is 11.9 Å². The topological polar surface area (TPSA) is 94.3 Å². The molecule has 0 unspecified atom stereocenters. The number of esters is 1. The number of aromatic nitrogens is 2. The third-order valence-electron chi connectivity index (χ3n) is 3.31. The number of anilines is 1. The summed E-state index contributed by atoms with van der Waals surface area (Å²) >= 11 is 0. The summed E-state index contributed by atoms with van der Waals surface area (Å²) < 4.78 is 10.3. The number of hydrogen-bond donors (Lipinski definition) is 1. The Bertz CT molecular complexity index is 873. The molecule has 7 nitrogen and oxygen atoms in total. The summed E-state index contributed by atoms with van der Waals surface area (Å²) in [4.78, 5) is 23.7. The highest BCUT2D eigenvalue weighted by atomic mass is 16.5. The lowest BCUT2D eigenvalue weighted by Gasteiger charge is -2.04. The summed E-state index contributed by atoms with van der Waals surface area (Å²) in [6.45, 7) is 1.46. The lowest BCUT2D eigenvalue weighted by Crippen LogP contribution is -2.21. The molecular weight excluding hydrogens is 322 g/mol. The number of ether oxygens (including phenoxy) is 1. The second kappa shape index (κ2) is 7.39. The number of carbonyl (C=O) groups excluding carboxylic acids is 2. The molecule has 25 heavy (non-hydrogen) atoms. The van der Waals surface area contributed by atoms with Crippen LogP contribution in [0.15, 0.2) is 59.0 Å². The monoisotopic (exact) mass is 337 g/mol. The fourth-order valence-electron chi connectivity index (χ4n) is 2.03. The Balaban J connectivity index is 1.54. The molecule has 0 saturated heterocycles. The van der Waals surface area contributed by atoms with E-state index in [1.54, 1.807) is 24.3 Å². The number of hydrogen-bond acceptors (Lipinski definition) is 6. The molecule has 0 radical (unpaired) electrons. The van der Waals surface area contributed by atoms with Crippen molar-refractivity contribution in [2.45, 2.75) is 6.92 Å². The van der Waals surface area contributed by atoms with Gasteiger partial charge in [0, 0.05) is 5.56 Å². The summed E-state index contributed by atoms with van der Waals surface area (Å²) in [5.41, 5.74) is 2.14. The van der Waals surface area contributed by atoms with Crippen molar-refractivity contribution in [3.8, 4) is 11.5 Å². The van der Waals surface area contributed by atoms with Crippen LogP contribution in [-0.2, 0) is 9.53 Å². The van der Waals surface area contributed by atoms with Crippen LogP contribution in [0.2, 0.25) is 0 Å². The molecule has 0 saturated carbocycles. The number of rotatable bonds is 5. The molecule has 0 aliphatic carbocycles. The highest BCUT2D eigenvalue weighted by molar-refractivity contribution is 5.94. The normalized spacial score (nSPS) is 10.3. The van der Waals surface area contributed by atoms with Crippen LogP contribution in [0.25, 0.3) is 11.5 Å². The van der Waals surface area contributed by atoms with E-state index in [0.717, 1.165) is 11.1 Å². The average molecular weight is 337 g/mol. The van der Waals surface area contributed by atoms with Crippen molar-refractivity contribution < 1.29 is 18.7 Å². The summed E-state index contributed by atoms with van der Waals surface area (Å²) in [6, 6.07) is 16.0. The van der Waals surface area contributed by atoms with Crippen molar-refractivity contribution in [2.75, 3.05) is 11.9 Å². The molecule has 0 atom stereocenters. The minimum absolute atomic E-state index is 0.0600. The first-order valence-corrected chi connectivity index (χ1v) is 7.54. The van der Waals surface area contributed by atoms with Crippen LogP contribution in [-0.4, -0.2) is 28.7 Å². The number of benzene rings is 2. The van der Waals surface area contributed by atoms with Gasteiger partial charge in [-0.15, -0.1) is 5.10 Å². The molecule has 0 aliphatic heterocycles. The van der Waals surface area contributed by atoms with E-state index in [1.807, 2.05) is 37.3 Å². The van der Waals surface area contributed by atoms with Gasteiger partial charge < -0.3 is 9.15 Å². The first-order valence-electron chi connectivity index (χ1n) is 7.54. The fraction of sp³-hybridized carbons (Fsp3) is 0.111. The number of nitrogens with one attached hydrogen (secondary N) is 1. The van der Waals surface area contributed by atoms with Crippen molar-refractivity contribution in [1.29, 1.82) is 0 Å². The first kappa shape index (κ1) is 16.4. The molecule has 0 fully saturated rings. The van der Waals surface area contributed by atoms with Gasteiger partial charge in [-0.2, -0.15) is 0 Å². The maximum Gasteiger partial charge on any atom is 0.338 e. The zero-order valence-corrected chi connectivity index (χ0v) is 13.4. The van der Waals surface area contributed by atoms with E-state index >= 15 is 0 Å². The average Bonchev–Trinajstić information content (AvgIpc) is 3.09. The van der Waals surface area contributed by atoms with Crippen molar-refractivity contribution in [2.24, 2.45) is 0 Å². The smallest absolute Gasteiger partial charge is 0.338 e. The molecule has 3 aromatic rings. The minimum atomic E-state index is -0.578. The Morgan fingerprint density at radius 2 is 1.76 bits per heavy atom. The highest BCUT2D eigenvalue weighted by Crippen LogP contribution is 2.18. The molecular formula is C18H15N3O4. The maximum atomic E-state index is 11.8. The van der Waals surface area contributed by atoms with E-state index in [2.05, 4.69) is 15.5 Å². The van der Waals surface area contributed by atoms with Gasteiger partial charge in [0.15, 0.2) is 6.61 Å². The highest BCUT2D eigenvalue weighted by Gasteiger charge is 2.13. The van der Waals surface area contributed by atoms with Gasteiger partial charge in [0.2, 0.25) is 5.89 Å². The second-order valence-corrected chi connectivity index (χ2v) is 5.27. The molecule has 1 aromatic heterocycles. The van der Waals surface area contributed by atoms with Gasteiger partial charge in [0.1, 0.15) is 0 Å². The van der Waals surface area contributed by atoms with E-state index in [0.29, 0.717) is 5.56 Å². The fourth-order valence-corrected chi connectivity index (χ4v) is 2.03. The molecule has 126 valence electrons. The predicted octanol–water partition coefficient (Wildman–Crippen LogP) is 2.84. The molecule has 1 amide bonds. The molecule has 0 aliphatic rings. The zero-order chi connectivity index (χ0) is 17.6. The van der Waals surface area contributed by atoms with Crippen molar-refractivity contribution in [1.82, 2.24) is 10.2 Å². The number of amides is 1. The maximum absolute atomic E-state index is 11.8. The van der Waals surface area contributed by atoms with Crippen LogP contribution in [0.4, 0.5) is 6.01 Å². The van der Waals surface area contributed by atoms with Crippen molar-refractivity contribution in [3.63, 3.8) is 0 Å². The second-order valence-electron chi connectivity index (χ2n) is 5.27. The predicted molar refractivity (Wildman–Crippen MR) is 89.8 cm³/mol. The van der Waals surface area contributed by atoms with Crippen LogP contribution in [0.5, 0.6) is 0 Å². The van der Waals surface area contributed by atoms with E-state index in [1.165, 1.54) is 0 Å². The Hall–Kier alpha value is -3.48. The number of carbonyl (C=O) groups is 2. The number of nitrogens with zero attached hydrogens (tertiary/aromatic N) is 2. The van der Waals surface area contributed by atoms with Gasteiger partial charge in [-0.05, 0) is 31.2 Å². The SMILES string of the molecule is Cc1ccc(C(=O)OCC(=O)Nc2nnc(-c3ccccc3)o2)cc1. The van der Waals surface area contributed by atoms with Crippen LogP contribution in [0.3, 0.4) is 0 Å². The van der Waals surface area contributed by atoms with E-state index in [9.17, 15) is 9.59 Å². The minimum Gasteiger partial charge on any atom is -0.452 e.